The summed E-state index contributed by atoms with van der Waals surface area (Å²) in [4.78, 5) is 38.3. The summed E-state index contributed by atoms with van der Waals surface area (Å²) in [6.07, 6.45) is 88.1. The fourth-order valence-corrected chi connectivity index (χ4v) is 8.88. The number of unbranched alkanes of at least 4 members (excludes halogenated alkanes) is 29. The molecule has 0 aliphatic heterocycles. The van der Waals surface area contributed by atoms with Crippen LogP contribution >= 0.6 is 0 Å². The average molecular weight is 1070 g/mol. The second-order valence-electron chi connectivity index (χ2n) is 21.3. The Morgan fingerprint density at radius 2 is 0.506 bits per heavy atom. The second kappa shape index (κ2) is 64.6. The molecule has 0 bridgehead atoms. The third-order valence-corrected chi connectivity index (χ3v) is 13.7. The van der Waals surface area contributed by atoms with Gasteiger partial charge >= 0.3 is 17.9 Å². The molecular formula is C71H120O6. The summed E-state index contributed by atoms with van der Waals surface area (Å²) in [6.45, 7) is 6.48. The maximum absolute atomic E-state index is 12.9. The fraction of sp³-hybridized carbons (Fsp3) is 0.704. The van der Waals surface area contributed by atoms with Crippen molar-refractivity contribution < 1.29 is 28.6 Å². The SMILES string of the molecule is CC/C=C\C/C=C\C/C=C\C/C=C\C/C=C\CCCCCC(=O)OC(COC(=O)CCCCCCC/C=C\CCCCCC)COC(=O)CCCCCCCCCCCCCC/C=C\C/C=C\C/C=C\CCCCCCC. The minimum absolute atomic E-state index is 0.0954. The maximum Gasteiger partial charge on any atom is 0.306 e. The summed E-state index contributed by atoms with van der Waals surface area (Å²) >= 11 is 0. The van der Waals surface area contributed by atoms with Crippen LogP contribution < -0.4 is 0 Å². The summed E-state index contributed by atoms with van der Waals surface area (Å²) in [5.74, 6) is -0.933. The van der Waals surface area contributed by atoms with E-state index >= 15 is 0 Å². The lowest BCUT2D eigenvalue weighted by atomic mass is 10.0. The lowest BCUT2D eigenvalue weighted by molar-refractivity contribution is -0.167. The Labute approximate surface area is 476 Å². The first kappa shape index (κ1) is 73.1. The molecule has 0 radical (unpaired) electrons. The van der Waals surface area contributed by atoms with Crippen LogP contribution in [0.4, 0.5) is 0 Å². The first-order valence-electron chi connectivity index (χ1n) is 32.4. The van der Waals surface area contributed by atoms with E-state index in [4.69, 9.17) is 14.2 Å². The minimum Gasteiger partial charge on any atom is -0.462 e. The highest BCUT2D eigenvalue weighted by Crippen LogP contribution is 2.15. The molecule has 0 aliphatic rings. The van der Waals surface area contributed by atoms with Crippen LogP contribution in [-0.2, 0) is 28.6 Å². The van der Waals surface area contributed by atoms with Gasteiger partial charge in [0.05, 0.1) is 0 Å². The van der Waals surface area contributed by atoms with Crippen molar-refractivity contribution in [3.8, 4) is 0 Å². The van der Waals surface area contributed by atoms with E-state index in [9.17, 15) is 14.4 Å². The van der Waals surface area contributed by atoms with Gasteiger partial charge in [-0.2, -0.15) is 0 Å². The Morgan fingerprint density at radius 3 is 0.831 bits per heavy atom. The van der Waals surface area contributed by atoms with Crippen LogP contribution in [0.15, 0.2) is 109 Å². The number of ether oxygens (including phenoxy) is 3. The molecule has 6 heteroatoms. The molecule has 0 N–H and O–H groups in total. The molecule has 0 aromatic rings. The Kier molecular flexibility index (Phi) is 61.3. The van der Waals surface area contributed by atoms with Crippen LogP contribution in [0, 0.1) is 0 Å². The van der Waals surface area contributed by atoms with Crippen molar-refractivity contribution >= 4 is 17.9 Å². The van der Waals surface area contributed by atoms with E-state index in [1.807, 2.05) is 0 Å². The molecule has 0 saturated heterocycles. The van der Waals surface area contributed by atoms with E-state index in [0.717, 1.165) is 116 Å². The molecule has 0 spiro atoms. The van der Waals surface area contributed by atoms with Gasteiger partial charge in [0, 0.05) is 19.3 Å². The summed E-state index contributed by atoms with van der Waals surface area (Å²) in [7, 11) is 0. The lowest BCUT2D eigenvalue weighted by Crippen LogP contribution is -2.30. The van der Waals surface area contributed by atoms with Gasteiger partial charge < -0.3 is 14.2 Å². The number of esters is 3. The van der Waals surface area contributed by atoms with Crippen LogP contribution in [0.2, 0.25) is 0 Å². The molecule has 6 nitrogen and oxygen atoms in total. The van der Waals surface area contributed by atoms with Gasteiger partial charge in [0.25, 0.3) is 0 Å². The molecule has 0 aliphatic carbocycles. The van der Waals surface area contributed by atoms with Crippen LogP contribution in [0.1, 0.15) is 303 Å². The van der Waals surface area contributed by atoms with E-state index in [-0.39, 0.29) is 37.5 Å². The predicted molar refractivity (Wildman–Crippen MR) is 334 cm³/mol. The van der Waals surface area contributed by atoms with E-state index in [1.165, 1.54) is 148 Å². The summed E-state index contributed by atoms with van der Waals surface area (Å²) in [5, 5.41) is 0. The molecule has 0 heterocycles. The second-order valence-corrected chi connectivity index (χ2v) is 21.3. The van der Waals surface area contributed by atoms with Crippen molar-refractivity contribution in [2.45, 2.75) is 309 Å². The van der Waals surface area contributed by atoms with E-state index in [0.29, 0.717) is 12.8 Å². The van der Waals surface area contributed by atoms with Gasteiger partial charge in [-0.1, -0.05) is 265 Å². The lowest BCUT2D eigenvalue weighted by Gasteiger charge is -2.18. The summed E-state index contributed by atoms with van der Waals surface area (Å²) < 4.78 is 16.9. The van der Waals surface area contributed by atoms with Gasteiger partial charge in [-0.25, -0.2) is 0 Å². The maximum atomic E-state index is 12.9. The smallest absolute Gasteiger partial charge is 0.306 e. The topological polar surface area (TPSA) is 78.9 Å². The molecule has 77 heavy (non-hydrogen) atoms. The quantitative estimate of drug-likeness (QED) is 0.0261. The first-order valence-corrected chi connectivity index (χ1v) is 32.4. The van der Waals surface area contributed by atoms with Gasteiger partial charge in [0.1, 0.15) is 13.2 Å². The van der Waals surface area contributed by atoms with Crippen LogP contribution in [0.3, 0.4) is 0 Å². The van der Waals surface area contributed by atoms with Gasteiger partial charge in [-0.3, -0.25) is 14.4 Å². The van der Waals surface area contributed by atoms with Crippen molar-refractivity contribution in [2.24, 2.45) is 0 Å². The molecule has 440 valence electrons. The molecule has 0 aromatic carbocycles. The molecule has 0 rings (SSSR count). The van der Waals surface area contributed by atoms with Crippen LogP contribution in [-0.4, -0.2) is 37.2 Å². The molecule has 1 atom stereocenters. The Bertz CT molecular complexity index is 1560. The number of carbonyl (C=O) groups excluding carboxylic acids is 3. The molecular weight excluding hydrogens is 949 g/mol. The average Bonchev–Trinajstić information content (AvgIpc) is 3.43. The zero-order chi connectivity index (χ0) is 55.7. The highest BCUT2D eigenvalue weighted by Gasteiger charge is 2.19. The van der Waals surface area contributed by atoms with Crippen molar-refractivity contribution in [3.05, 3.63) is 109 Å². The standard InChI is InChI=1S/C71H120O6/c1-4-7-10-13-16-19-22-25-27-29-31-32-33-34-35-36-37-38-40-41-43-46-49-52-55-58-61-64-70(73)76-67-68(66-75-69(72)63-60-57-54-51-48-45-24-21-18-15-12-9-6-3)77-71(74)65-62-59-56-53-50-47-44-42-39-30-28-26-23-20-17-14-11-8-5-2/h8,11,17,20-22,24-26,28-29,31,33-34,39,42,47,50,68H,4-7,9-10,12-16,18-19,23,27,30,32,35-38,40-41,43-46,48-49,51-67H2,1-3H3/b11-8-,20-17-,24-21-,25-22-,28-26-,31-29-,34-33-,42-39-,50-47-. The Morgan fingerprint density at radius 1 is 0.273 bits per heavy atom. The van der Waals surface area contributed by atoms with Crippen molar-refractivity contribution in [3.63, 3.8) is 0 Å². The number of allylic oxidation sites excluding steroid dienone is 18. The highest BCUT2D eigenvalue weighted by atomic mass is 16.6. The monoisotopic (exact) mass is 1070 g/mol. The summed E-state index contributed by atoms with van der Waals surface area (Å²) in [6, 6.07) is 0. The number of hydrogen-bond acceptors (Lipinski definition) is 6. The van der Waals surface area contributed by atoms with Crippen molar-refractivity contribution in [1.82, 2.24) is 0 Å². The molecule has 0 amide bonds. The fourth-order valence-electron chi connectivity index (χ4n) is 8.88. The zero-order valence-corrected chi connectivity index (χ0v) is 50.4. The van der Waals surface area contributed by atoms with Gasteiger partial charge in [0.15, 0.2) is 6.10 Å². The van der Waals surface area contributed by atoms with Crippen molar-refractivity contribution in [2.75, 3.05) is 13.2 Å². The largest absolute Gasteiger partial charge is 0.462 e. The number of rotatable bonds is 58. The highest BCUT2D eigenvalue weighted by molar-refractivity contribution is 5.71. The summed E-state index contributed by atoms with van der Waals surface area (Å²) in [5.41, 5.74) is 0. The van der Waals surface area contributed by atoms with Gasteiger partial charge in [-0.05, 0) is 128 Å². The van der Waals surface area contributed by atoms with E-state index in [2.05, 4.69) is 130 Å². The van der Waals surface area contributed by atoms with E-state index in [1.54, 1.807) is 0 Å². The normalized spacial score (nSPS) is 12.8. The first-order chi connectivity index (χ1) is 38.0. The van der Waals surface area contributed by atoms with Crippen LogP contribution in [0.5, 0.6) is 0 Å². The molecule has 1 unspecified atom stereocenters. The number of carbonyl (C=O) groups is 3. The third-order valence-electron chi connectivity index (χ3n) is 13.7. The van der Waals surface area contributed by atoms with Crippen molar-refractivity contribution in [1.29, 1.82) is 0 Å². The Hall–Kier alpha value is -3.93. The predicted octanol–water partition coefficient (Wildman–Crippen LogP) is 22.2. The molecule has 0 saturated carbocycles. The molecule has 0 aromatic heterocycles. The minimum atomic E-state index is -0.802. The molecule has 0 fully saturated rings. The van der Waals surface area contributed by atoms with Crippen LogP contribution in [0.25, 0.3) is 0 Å². The number of hydrogen-bond donors (Lipinski definition) is 0. The third kappa shape index (κ3) is 62.8. The van der Waals surface area contributed by atoms with E-state index < -0.39 is 6.10 Å². The Balaban J connectivity index is 4.35. The van der Waals surface area contributed by atoms with Gasteiger partial charge in [-0.15, -0.1) is 0 Å². The van der Waals surface area contributed by atoms with Gasteiger partial charge in [0.2, 0.25) is 0 Å². The zero-order valence-electron chi connectivity index (χ0n) is 50.4.